The Bertz CT molecular complexity index is 1280. The minimum absolute atomic E-state index is 0.00815. The van der Waals surface area contributed by atoms with E-state index in [0.717, 1.165) is 16.5 Å². The average Bonchev–Trinajstić information content (AvgIpc) is 3.56. The van der Waals surface area contributed by atoms with Crippen LogP contribution in [0.15, 0.2) is 30.5 Å². The fraction of sp³-hybridized carbons (Fsp3) is 0.462. The summed E-state index contributed by atoms with van der Waals surface area (Å²) < 4.78 is 0. The number of hydrogen-bond acceptors (Lipinski definition) is 7. The lowest BCUT2D eigenvalue weighted by Gasteiger charge is -2.30. The molecule has 10 N–H and O–H groups in total. The molecule has 14 nitrogen and oxygen atoms in total. The van der Waals surface area contributed by atoms with Gasteiger partial charge >= 0.3 is 5.97 Å². The Morgan fingerprint density at radius 3 is 2.35 bits per heavy atom. The van der Waals surface area contributed by atoms with Gasteiger partial charge in [-0.15, -0.1) is 0 Å². The first-order valence-corrected chi connectivity index (χ1v) is 13.0. The Morgan fingerprint density at radius 2 is 1.68 bits per heavy atom. The van der Waals surface area contributed by atoms with Gasteiger partial charge in [-0.2, -0.15) is 0 Å². The van der Waals surface area contributed by atoms with E-state index < -0.39 is 59.7 Å². The van der Waals surface area contributed by atoms with Crippen molar-refractivity contribution in [3.63, 3.8) is 0 Å². The van der Waals surface area contributed by atoms with E-state index in [0.29, 0.717) is 6.42 Å². The molecule has 14 heteroatoms. The first-order valence-electron chi connectivity index (χ1n) is 13.0. The van der Waals surface area contributed by atoms with Gasteiger partial charge in [-0.1, -0.05) is 18.2 Å². The van der Waals surface area contributed by atoms with Crippen LogP contribution in [0.3, 0.4) is 0 Å². The van der Waals surface area contributed by atoms with Crippen LogP contribution in [0.5, 0.6) is 0 Å². The number of aliphatic carboxylic acids is 1. The van der Waals surface area contributed by atoms with E-state index >= 15 is 0 Å². The number of aromatic amines is 1. The summed E-state index contributed by atoms with van der Waals surface area (Å²) in [6.45, 7) is 0.212. The van der Waals surface area contributed by atoms with E-state index in [9.17, 15) is 33.9 Å². The van der Waals surface area contributed by atoms with Gasteiger partial charge in [-0.05, 0) is 37.3 Å². The summed E-state index contributed by atoms with van der Waals surface area (Å²) in [6, 6.07) is 2.89. The Labute approximate surface area is 230 Å². The largest absolute Gasteiger partial charge is 0.480 e. The van der Waals surface area contributed by atoms with Crippen LogP contribution in [0.4, 0.5) is 0 Å². The molecule has 4 atom stereocenters. The molecule has 1 fully saturated rings. The number of primary amides is 2. The minimum atomic E-state index is -1.36. The van der Waals surface area contributed by atoms with Gasteiger partial charge in [0.1, 0.15) is 18.1 Å². The van der Waals surface area contributed by atoms with Crippen molar-refractivity contribution in [3.8, 4) is 0 Å². The number of carboxylic acid groups (broad SMARTS) is 1. The molecule has 1 aliphatic heterocycles. The van der Waals surface area contributed by atoms with Crippen LogP contribution in [-0.2, 0) is 35.2 Å². The number of carbonyl (C=O) groups is 6. The second kappa shape index (κ2) is 13.6. The summed E-state index contributed by atoms with van der Waals surface area (Å²) >= 11 is 0. The first kappa shape index (κ1) is 30.1. The molecule has 1 saturated heterocycles. The smallest absolute Gasteiger partial charge is 0.326 e. The number of hydrogen-bond donors (Lipinski definition) is 7. The number of nitrogens with zero attached hydrogens (tertiary/aromatic N) is 1. The molecular formula is C26H35N7O7. The highest BCUT2D eigenvalue weighted by molar-refractivity contribution is 5.95. The quantitative estimate of drug-likeness (QED) is 0.145. The SMILES string of the molecule is NC(=O)CCC(N)C(=O)NC(Cc1c[nH]c2ccccc12)C(=O)N1CCCC1C(=O)NC(CCC(N)=O)C(=O)O. The Balaban J connectivity index is 1.81. The van der Waals surface area contributed by atoms with Gasteiger partial charge in [0.05, 0.1) is 6.04 Å². The van der Waals surface area contributed by atoms with Crippen molar-refractivity contribution in [2.24, 2.45) is 17.2 Å². The van der Waals surface area contributed by atoms with Gasteiger partial charge in [-0.3, -0.25) is 24.0 Å². The summed E-state index contributed by atoms with van der Waals surface area (Å²) in [4.78, 5) is 78.1. The lowest BCUT2D eigenvalue weighted by atomic mass is 10.0. The molecule has 2 aromatic rings. The molecule has 0 bridgehead atoms. The lowest BCUT2D eigenvalue weighted by Crippen LogP contribution is -2.57. The van der Waals surface area contributed by atoms with Crippen molar-refractivity contribution in [3.05, 3.63) is 36.0 Å². The number of nitrogens with one attached hydrogen (secondary N) is 3. The third-order valence-corrected chi connectivity index (χ3v) is 6.88. The van der Waals surface area contributed by atoms with Crippen LogP contribution >= 0.6 is 0 Å². The van der Waals surface area contributed by atoms with Gasteiger partial charge in [0.15, 0.2) is 0 Å². The summed E-state index contributed by atoms with van der Waals surface area (Å²) in [5.74, 6) is -4.53. The molecule has 0 spiro atoms. The number of para-hydroxylation sites is 1. The predicted molar refractivity (Wildman–Crippen MR) is 143 cm³/mol. The Morgan fingerprint density at radius 1 is 1.00 bits per heavy atom. The van der Waals surface area contributed by atoms with E-state index in [4.69, 9.17) is 17.2 Å². The third kappa shape index (κ3) is 7.79. The zero-order valence-electron chi connectivity index (χ0n) is 21.9. The van der Waals surface area contributed by atoms with Crippen LogP contribution in [0, 0.1) is 0 Å². The number of rotatable bonds is 14. The molecule has 3 rings (SSSR count). The van der Waals surface area contributed by atoms with Crippen LogP contribution in [0.2, 0.25) is 0 Å². The molecule has 1 aliphatic rings. The number of amides is 5. The molecular weight excluding hydrogens is 522 g/mol. The van der Waals surface area contributed by atoms with Crippen molar-refractivity contribution < 1.29 is 33.9 Å². The maximum Gasteiger partial charge on any atom is 0.326 e. The highest BCUT2D eigenvalue weighted by Crippen LogP contribution is 2.23. The minimum Gasteiger partial charge on any atom is -0.480 e. The maximum absolute atomic E-state index is 13.8. The van der Waals surface area contributed by atoms with Crippen LogP contribution in [0.25, 0.3) is 10.9 Å². The van der Waals surface area contributed by atoms with Crippen molar-refractivity contribution >= 4 is 46.4 Å². The zero-order valence-corrected chi connectivity index (χ0v) is 21.9. The van der Waals surface area contributed by atoms with Crippen molar-refractivity contribution in [1.29, 1.82) is 0 Å². The summed E-state index contributed by atoms with van der Waals surface area (Å²) in [6.07, 6.45) is 2.03. The maximum atomic E-state index is 13.8. The van der Waals surface area contributed by atoms with Gasteiger partial charge in [0, 0.05) is 42.9 Å². The van der Waals surface area contributed by atoms with Gasteiger partial charge in [-0.25, -0.2) is 4.79 Å². The van der Waals surface area contributed by atoms with Crippen molar-refractivity contribution in [1.82, 2.24) is 20.5 Å². The number of H-pyrrole nitrogens is 1. The lowest BCUT2D eigenvalue weighted by molar-refractivity contribution is -0.145. The molecule has 0 aliphatic carbocycles. The number of nitrogens with two attached hydrogens (primary N) is 3. The Hall–Kier alpha value is -4.46. The third-order valence-electron chi connectivity index (χ3n) is 6.88. The molecule has 4 unspecified atom stereocenters. The molecule has 2 heterocycles. The van der Waals surface area contributed by atoms with Gasteiger partial charge in [0.2, 0.25) is 29.5 Å². The average molecular weight is 558 g/mol. The number of aromatic nitrogens is 1. The second-order valence-corrected chi connectivity index (χ2v) is 9.83. The van der Waals surface area contributed by atoms with Gasteiger partial charge in [0.25, 0.3) is 0 Å². The summed E-state index contributed by atoms with van der Waals surface area (Å²) in [7, 11) is 0. The topological polar surface area (TPSA) is 244 Å². The highest BCUT2D eigenvalue weighted by atomic mass is 16.4. The van der Waals surface area contributed by atoms with E-state index in [2.05, 4.69) is 15.6 Å². The zero-order chi connectivity index (χ0) is 29.4. The summed E-state index contributed by atoms with van der Waals surface area (Å²) in [5, 5.41) is 15.4. The standard InChI is InChI=1S/C26H35N7O7/c27-16(7-9-21(28)34)23(36)32-19(12-14-13-30-17-5-2-1-4-15(14)17)25(38)33-11-3-6-20(33)24(37)31-18(26(39)40)8-10-22(29)35/h1-2,4-5,13,16,18-20,30H,3,6-12,27H2,(H2,28,34)(H2,29,35)(H,31,37)(H,32,36)(H,39,40). The van der Waals surface area contributed by atoms with Crippen molar-refractivity contribution in [2.45, 2.75) is 69.1 Å². The van der Waals surface area contributed by atoms with Crippen molar-refractivity contribution in [2.75, 3.05) is 6.54 Å². The molecule has 5 amide bonds. The molecule has 0 radical (unpaired) electrons. The van der Waals surface area contributed by atoms with Crippen LogP contribution in [-0.4, -0.2) is 81.2 Å². The Kier molecular flexibility index (Phi) is 10.2. The van der Waals surface area contributed by atoms with Crippen LogP contribution in [0.1, 0.15) is 44.1 Å². The van der Waals surface area contributed by atoms with Crippen LogP contribution < -0.4 is 27.8 Å². The predicted octanol–water partition coefficient (Wildman–Crippen LogP) is -1.39. The number of fused-ring (bicyclic) bond motifs is 1. The van der Waals surface area contributed by atoms with E-state index in [1.54, 1.807) is 6.20 Å². The van der Waals surface area contributed by atoms with E-state index in [1.165, 1.54) is 4.90 Å². The number of benzene rings is 1. The summed E-state index contributed by atoms with van der Waals surface area (Å²) in [5.41, 5.74) is 17.8. The van der Waals surface area contributed by atoms with E-state index in [-0.39, 0.29) is 45.1 Å². The molecule has 40 heavy (non-hydrogen) atoms. The monoisotopic (exact) mass is 557 g/mol. The second-order valence-electron chi connectivity index (χ2n) is 9.83. The molecule has 1 aromatic carbocycles. The molecule has 216 valence electrons. The van der Waals surface area contributed by atoms with E-state index in [1.807, 2.05) is 24.3 Å². The molecule has 1 aromatic heterocycles. The highest BCUT2D eigenvalue weighted by Gasteiger charge is 2.39. The fourth-order valence-corrected chi connectivity index (χ4v) is 4.74. The fourth-order valence-electron chi connectivity index (χ4n) is 4.74. The normalized spacial score (nSPS) is 17.1. The van der Waals surface area contributed by atoms with Gasteiger partial charge < -0.3 is 42.8 Å². The molecule has 0 saturated carbocycles. The number of carbonyl (C=O) groups excluding carboxylic acids is 5. The number of carboxylic acids is 1. The number of likely N-dealkylation sites (tertiary alicyclic amines) is 1. The first-order chi connectivity index (χ1) is 19.0.